The minimum absolute atomic E-state index is 0.0358. The highest BCUT2D eigenvalue weighted by Crippen LogP contribution is 2.42. The summed E-state index contributed by atoms with van der Waals surface area (Å²) in [4.78, 5) is 27.4. The standard InChI is InChI=1S/C23H18ClNO4/c1-13-9-14(2)11-17(10-13)25-20(18-7-4-8-29-18)19(22(27)23(25)28)21(26)15-5-3-6-16(24)12-15/h3-12,20,26H,1-2H3/b21-19-. The molecule has 146 valence electrons. The molecule has 29 heavy (non-hydrogen) atoms. The first-order valence-corrected chi connectivity index (χ1v) is 9.43. The lowest BCUT2D eigenvalue weighted by molar-refractivity contribution is -0.132. The van der Waals surface area contributed by atoms with Crippen LogP contribution in [0.15, 0.2) is 70.9 Å². The van der Waals surface area contributed by atoms with Crippen molar-refractivity contribution in [2.24, 2.45) is 0 Å². The highest BCUT2D eigenvalue weighted by Gasteiger charge is 2.48. The molecule has 1 aliphatic rings. The monoisotopic (exact) mass is 407 g/mol. The van der Waals surface area contributed by atoms with Gasteiger partial charge in [-0.3, -0.25) is 14.5 Å². The van der Waals surface area contributed by atoms with Crippen LogP contribution in [0, 0.1) is 13.8 Å². The highest BCUT2D eigenvalue weighted by atomic mass is 35.5. The van der Waals surface area contributed by atoms with Crippen molar-refractivity contribution >= 4 is 34.7 Å². The Labute approximate surface area is 172 Å². The molecule has 1 unspecified atom stereocenters. The van der Waals surface area contributed by atoms with Crippen LogP contribution in [0.25, 0.3) is 5.76 Å². The number of aliphatic hydroxyl groups excluding tert-OH is 1. The molecule has 6 heteroatoms. The van der Waals surface area contributed by atoms with Gasteiger partial charge in [0.2, 0.25) is 0 Å². The number of amides is 1. The largest absolute Gasteiger partial charge is 0.507 e. The first kappa shape index (κ1) is 19.0. The van der Waals surface area contributed by atoms with Gasteiger partial charge in [0.15, 0.2) is 0 Å². The van der Waals surface area contributed by atoms with E-state index in [1.54, 1.807) is 36.4 Å². The first-order chi connectivity index (χ1) is 13.9. The number of ketones is 1. The SMILES string of the molecule is Cc1cc(C)cc(N2C(=O)C(=O)/C(=C(\O)c3cccc(Cl)c3)C2c2ccco2)c1. The van der Waals surface area contributed by atoms with Gasteiger partial charge in [-0.05, 0) is 61.4 Å². The molecule has 1 amide bonds. The number of anilines is 1. The number of rotatable bonds is 3. The van der Waals surface area contributed by atoms with Crippen molar-refractivity contribution in [2.45, 2.75) is 19.9 Å². The second kappa shape index (κ2) is 7.26. The predicted octanol–water partition coefficient (Wildman–Crippen LogP) is 5.18. The third-order valence-electron chi connectivity index (χ3n) is 4.84. The number of carbonyl (C=O) groups is 2. The molecule has 0 bridgehead atoms. The number of hydrogen-bond acceptors (Lipinski definition) is 4. The smallest absolute Gasteiger partial charge is 0.300 e. The average Bonchev–Trinajstić information content (AvgIpc) is 3.28. The van der Waals surface area contributed by atoms with Gasteiger partial charge < -0.3 is 9.52 Å². The minimum atomic E-state index is -0.884. The molecule has 1 atom stereocenters. The van der Waals surface area contributed by atoms with Crippen LogP contribution in [0.4, 0.5) is 5.69 Å². The van der Waals surface area contributed by atoms with E-state index in [9.17, 15) is 14.7 Å². The van der Waals surface area contributed by atoms with Crippen LogP contribution in [0.1, 0.15) is 28.5 Å². The van der Waals surface area contributed by atoms with E-state index in [1.165, 1.54) is 11.2 Å². The fraction of sp³-hybridized carbons (Fsp3) is 0.130. The van der Waals surface area contributed by atoms with Crippen LogP contribution in [0.2, 0.25) is 5.02 Å². The maximum absolute atomic E-state index is 13.0. The summed E-state index contributed by atoms with van der Waals surface area (Å²) in [5.41, 5.74) is 2.79. The highest BCUT2D eigenvalue weighted by molar-refractivity contribution is 6.51. The average molecular weight is 408 g/mol. The molecule has 5 nitrogen and oxygen atoms in total. The van der Waals surface area contributed by atoms with Crippen LogP contribution in [-0.4, -0.2) is 16.8 Å². The van der Waals surface area contributed by atoms with Crippen molar-refractivity contribution in [3.05, 3.63) is 93.9 Å². The number of aryl methyl sites for hydroxylation is 2. The van der Waals surface area contributed by atoms with E-state index < -0.39 is 17.7 Å². The molecule has 1 N–H and O–H groups in total. The molecule has 0 saturated carbocycles. The maximum Gasteiger partial charge on any atom is 0.300 e. The Morgan fingerprint density at radius 2 is 1.76 bits per heavy atom. The third-order valence-corrected chi connectivity index (χ3v) is 5.07. The summed E-state index contributed by atoms with van der Waals surface area (Å²) in [5.74, 6) is -1.41. The van der Waals surface area contributed by atoms with Gasteiger partial charge in [-0.25, -0.2) is 0 Å². The summed E-state index contributed by atoms with van der Waals surface area (Å²) in [6, 6.07) is 14.6. The molecular weight excluding hydrogens is 390 g/mol. The minimum Gasteiger partial charge on any atom is -0.507 e. The fourth-order valence-corrected chi connectivity index (χ4v) is 3.89. The molecule has 0 spiro atoms. The van der Waals surface area contributed by atoms with Gasteiger partial charge in [-0.15, -0.1) is 0 Å². The van der Waals surface area contributed by atoms with E-state index in [0.717, 1.165) is 11.1 Å². The normalized spacial score (nSPS) is 18.4. The summed E-state index contributed by atoms with van der Waals surface area (Å²) in [5, 5.41) is 11.4. The van der Waals surface area contributed by atoms with Gasteiger partial charge in [0.25, 0.3) is 11.7 Å². The summed E-state index contributed by atoms with van der Waals surface area (Å²) < 4.78 is 5.55. The van der Waals surface area contributed by atoms with Gasteiger partial charge in [-0.1, -0.05) is 29.8 Å². The number of benzene rings is 2. The molecule has 1 aliphatic heterocycles. The van der Waals surface area contributed by atoms with Crippen molar-refractivity contribution in [2.75, 3.05) is 4.90 Å². The number of furan rings is 1. The number of aliphatic hydroxyl groups is 1. The zero-order valence-electron chi connectivity index (χ0n) is 15.8. The number of halogens is 1. The van der Waals surface area contributed by atoms with E-state index in [-0.39, 0.29) is 11.3 Å². The van der Waals surface area contributed by atoms with Gasteiger partial charge in [-0.2, -0.15) is 0 Å². The van der Waals surface area contributed by atoms with Crippen molar-refractivity contribution in [3.63, 3.8) is 0 Å². The van der Waals surface area contributed by atoms with Crippen LogP contribution in [-0.2, 0) is 9.59 Å². The molecule has 1 aromatic heterocycles. The lowest BCUT2D eigenvalue weighted by Gasteiger charge is -2.24. The fourth-order valence-electron chi connectivity index (χ4n) is 3.70. The second-order valence-electron chi connectivity index (χ2n) is 7.04. The summed E-state index contributed by atoms with van der Waals surface area (Å²) in [7, 11) is 0. The summed E-state index contributed by atoms with van der Waals surface area (Å²) in [6.45, 7) is 3.84. The van der Waals surface area contributed by atoms with Crippen molar-refractivity contribution in [1.82, 2.24) is 0 Å². The van der Waals surface area contributed by atoms with Crippen LogP contribution in [0.3, 0.4) is 0 Å². The van der Waals surface area contributed by atoms with Gasteiger partial charge in [0.05, 0.1) is 11.8 Å². The lowest BCUT2D eigenvalue weighted by atomic mass is 9.99. The van der Waals surface area contributed by atoms with Gasteiger partial charge >= 0.3 is 0 Å². The quantitative estimate of drug-likeness (QED) is 0.369. The molecule has 0 aliphatic carbocycles. The Bertz CT molecular complexity index is 1130. The first-order valence-electron chi connectivity index (χ1n) is 9.05. The Balaban J connectivity index is 1.95. The third kappa shape index (κ3) is 3.34. The number of Topliss-reactive ketones (excluding diaryl/α,β-unsaturated/α-hetero) is 1. The molecule has 1 fully saturated rings. The second-order valence-corrected chi connectivity index (χ2v) is 7.48. The predicted molar refractivity (Wildman–Crippen MR) is 111 cm³/mol. The molecule has 2 aromatic carbocycles. The molecule has 3 aromatic rings. The number of nitrogens with zero attached hydrogens (tertiary/aromatic N) is 1. The van der Waals surface area contributed by atoms with E-state index in [0.29, 0.717) is 22.0 Å². The van der Waals surface area contributed by atoms with E-state index in [4.69, 9.17) is 16.0 Å². The van der Waals surface area contributed by atoms with Crippen molar-refractivity contribution in [3.8, 4) is 0 Å². The van der Waals surface area contributed by atoms with Crippen LogP contribution >= 0.6 is 11.6 Å². The van der Waals surface area contributed by atoms with Gasteiger partial charge in [0, 0.05) is 16.3 Å². The topological polar surface area (TPSA) is 70.8 Å². The summed E-state index contributed by atoms with van der Waals surface area (Å²) in [6.07, 6.45) is 1.47. The molecule has 0 radical (unpaired) electrons. The Kier molecular flexibility index (Phi) is 4.76. The maximum atomic E-state index is 13.0. The van der Waals surface area contributed by atoms with Crippen LogP contribution < -0.4 is 4.90 Å². The van der Waals surface area contributed by atoms with E-state index in [2.05, 4.69) is 0 Å². The zero-order chi connectivity index (χ0) is 20.7. The van der Waals surface area contributed by atoms with Gasteiger partial charge in [0.1, 0.15) is 17.6 Å². The molecule has 2 heterocycles. The lowest BCUT2D eigenvalue weighted by Crippen LogP contribution is -2.29. The molecular formula is C23H18ClNO4. The zero-order valence-corrected chi connectivity index (χ0v) is 16.6. The van der Waals surface area contributed by atoms with Crippen molar-refractivity contribution < 1.29 is 19.1 Å². The Morgan fingerprint density at radius 1 is 1.03 bits per heavy atom. The number of hydrogen-bond donors (Lipinski definition) is 1. The van der Waals surface area contributed by atoms with Crippen molar-refractivity contribution in [1.29, 1.82) is 0 Å². The number of carbonyl (C=O) groups excluding carboxylic acids is 2. The Morgan fingerprint density at radius 3 is 2.38 bits per heavy atom. The summed E-state index contributed by atoms with van der Waals surface area (Å²) >= 11 is 6.04. The Hall–Kier alpha value is -3.31. The molecule has 4 rings (SSSR count). The van der Waals surface area contributed by atoms with Crippen LogP contribution in [0.5, 0.6) is 0 Å². The van der Waals surface area contributed by atoms with E-state index in [1.807, 2.05) is 32.0 Å². The molecule has 1 saturated heterocycles. The van der Waals surface area contributed by atoms with E-state index >= 15 is 0 Å².